The molecule has 0 spiro atoms. The van der Waals surface area contributed by atoms with Crippen molar-refractivity contribution in [3.8, 4) is 0 Å². The zero-order chi connectivity index (χ0) is 21.3. The number of aryl methyl sites for hydroxylation is 1. The minimum atomic E-state index is -4.30. The normalized spacial score (nSPS) is 11.4. The van der Waals surface area contributed by atoms with Crippen LogP contribution in [-0.2, 0) is 19.6 Å². The molecule has 0 aliphatic carbocycles. The van der Waals surface area contributed by atoms with Crippen LogP contribution in [0.5, 0.6) is 0 Å². The Hall–Kier alpha value is -3.20. The molecule has 152 valence electrons. The number of hydrogen-bond acceptors (Lipinski definition) is 6. The summed E-state index contributed by atoms with van der Waals surface area (Å²) >= 11 is 0. The second-order valence-electron chi connectivity index (χ2n) is 6.18. The molecule has 3 aromatic rings. The van der Waals surface area contributed by atoms with E-state index in [0.717, 1.165) is 31.2 Å². The highest BCUT2D eigenvalue weighted by Gasteiger charge is 2.30. The van der Waals surface area contributed by atoms with E-state index >= 15 is 0 Å². The number of benzene rings is 2. The van der Waals surface area contributed by atoms with E-state index in [1.807, 2.05) is 0 Å². The van der Waals surface area contributed by atoms with Crippen LogP contribution in [-0.4, -0.2) is 26.9 Å². The van der Waals surface area contributed by atoms with Gasteiger partial charge in [0, 0.05) is 12.3 Å². The van der Waals surface area contributed by atoms with E-state index in [-0.39, 0.29) is 22.8 Å². The monoisotopic (exact) mass is 419 g/mol. The highest BCUT2D eigenvalue weighted by Crippen LogP contribution is 2.32. The number of anilines is 1. The summed E-state index contributed by atoms with van der Waals surface area (Å²) in [4.78, 5) is 24.3. The largest absolute Gasteiger partial charge is 0.462 e. The van der Waals surface area contributed by atoms with Gasteiger partial charge in [-0.3, -0.25) is 4.79 Å². The first-order valence-electron chi connectivity index (χ1n) is 8.68. The van der Waals surface area contributed by atoms with E-state index in [2.05, 4.69) is 0 Å². The van der Waals surface area contributed by atoms with Crippen molar-refractivity contribution in [3.63, 3.8) is 0 Å². The molecule has 0 unspecified atom stereocenters. The van der Waals surface area contributed by atoms with E-state index in [1.165, 1.54) is 18.2 Å². The number of esters is 1. The van der Waals surface area contributed by atoms with E-state index < -0.39 is 27.7 Å². The predicted octanol–water partition coefficient (Wildman–Crippen LogP) is 3.80. The summed E-state index contributed by atoms with van der Waals surface area (Å²) in [7, 11) is -4.30. The number of carbonyl (C=O) groups is 2. The van der Waals surface area contributed by atoms with Gasteiger partial charge in [-0.2, -0.15) is 0 Å². The molecule has 7 nitrogen and oxygen atoms in total. The van der Waals surface area contributed by atoms with E-state index in [4.69, 9.17) is 9.15 Å². The van der Waals surface area contributed by atoms with Crippen molar-refractivity contribution in [2.45, 2.75) is 25.7 Å². The number of nitrogens with zero attached hydrogens (tertiary/aromatic N) is 1. The summed E-state index contributed by atoms with van der Waals surface area (Å²) in [5, 5.41) is 0.319. The van der Waals surface area contributed by atoms with Crippen LogP contribution in [0.3, 0.4) is 0 Å². The molecule has 29 heavy (non-hydrogen) atoms. The molecule has 1 aromatic heterocycles. The molecule has 0 fully saturated rings. The van der Waals surface area contributed by atoms with Crippen LogP contribution in [0.25, 0.3) is 11.0 Å². The van der Waals surface area contributed by atoms with E-state index in [1.54, 1.807) is 13.8 Å². The molecule has 0 N–H and O–H groups in total. The van der Waals surface area contributed by atoms with Gasteiger partial charge in [0.05, 0.1) is 17.2 Å². The lowest BCUT2D eigenvalue weighted by atomic mass is 10.1. The van der Waals surface area contributed by atoms with Gasteiger partial charge in [0.15, 0.2) is 0 Å². The smallest absolute Gasteiger partial charge is 0.342 e. The summed E-state index contributed by atoms with van der Waals surface area (Å²) in [5.74, 6) is -1.68. The summed E-state index contributed by atoms with van der Waals surface area (Å²) in [6, 6.07) is 8.37. The van der Waals surface area contributed by atoms with Crippen molar-refractivity contribution in [1.29, 1.82) is 0 Å². The lowest BCUT2D eigenvalue weighted by Crippen LogP contribution is -2.35. The van der Waals surface area contributed by atoms with Gasteiger partial charge in [-0.15, -0.1) is 0 Å². The van der Waals surface area contributed by atoms with Crippen LogP contribution in [0.4, 0.5) is 10.1 Å². The van der Waals surface area contributed by atoms with Crippen molar-refractivity contribution in [1.82, 2.24) is 0 Å². The van der Waals surface area contributed by atoms with Crippen molar-refractivity contribution in [2.24, 2.45) is 0 Å². The van der Waals surface area contributed by atoms with E-state index in [0.29, 0.717) is 21.0 Å². The number of fused-ring (bicyclic) bond motifs is 1. The molecule has 0 bridgehead atoms. The molecule has 0 saturated carbocycles. The maximum absolute atomic E-state index is 13.2. The Morgan fingerprint density at radius 2 is 1.79 bits per heavy atom. The predicted molar refractivity (Wildman–Crippen MR) is 104 cm³/mol. The average Bonchev–Trinajstić information content (AvgIpc) is 2.97. The zero-order valence-corrected chi connectivity index (χ0v) is 16.7. The second-order valence-corrected chi connectivity index (χ2v) is 7.96. The molecule has 1 amide bonds. The van der Waals surface area contributed by atoms with Crippen molar-refractivity contribution in [2.75, 3.05) is 10.9 Å². The lowest BCUT2D eigenvalue weighted by Gasteiger charge is -2.21. The van der Waals surface area contributed by atoms with Crippen molar-refractivity contribution >= 4 is 38.6 Å². The molecule has 0 radical (unpaired) electrons. The fourth-order valence-corrected chi connectivity index (χ4v) is 4.41. The number of halogens is 1. The maximum Gasteiger partial charge on any atom is 0.342 e. The highest BCUT2D eigenvalue weighted by atomic mass is 32.2. The van der Waals surface area contributed by atoms with Gasteiger partial charge in [0.1, 0.15) is 22.7 Å². The van der Waals surface area contributed by atoms with Crippen molar-refractivity contribution in [3.05, 3.63) is 59.6 Å². The molecule has 0 atom stereocenters. The number of ether oxygens (including phenoxy) is 1. The molecule has 9 heteroatoms. The maximum atomic E-state index is 13.2. The minimum Gasteiger partial charge on any atom is -0.462 e. The van der Waals surface area contributed by atoms with Crippen LogP contribution < -0.4 is 4.31 Å². The molecule has 0 saturated heterocycles. The number of sulfonamides is 1. The minimum absolute atomic E-state index is 0.0145. The molecule has 3 rings (SSSR count). The summed E-state index contributed by atoms with van der Waals surface area (Å²) < 4.78 is 50.4. The van der Waals surface area contributed by atoms with Gasteiger partial charge >= 0.3 is 5.97 Å². The quantitative estimate of drug-likeness (QED) is 0.584. The average molecular weight is 419 g/mol. The Kier molecular flexibility index (Phi) is 5.43. The van der Waals surface area contributed by atoms with Crippen LogP contribution >= 0.6 is 0 Å². The Balaban J connectivity index is 2.17. The Morgan fingerprint density at radius 3 is 2.38 bits per heavy atom. The van der Waals surface area contributed by atoms with Gasteiger partial charge in [-0.05, 0) is 56.3 Å². The fraction of sp³-hybridized carbons (Fsp3) is 0.200. The van der Waals surface area contributed by atoms with Crippen LogP contribution in [0.1, 0.15) is 30.0 Å². The highest BCUT2D eigenvalue weighted by molar-refractivity contribution is 7.93. The molecule has 1 heterocycles. The van der Waals surface area contributed by atoms with Gasteiger partial charge in [0.25, 0.3) is 10.0 Å². The third-order valence-corrected chi connectivity index (χ3v) is 6.02. The summed E-state index contributed by atoms with van der Waals surface area (Å²) in [6.07, 6.45) is 0. The second kappa shape index (κ2) is 7.67. The number of hydrogen-bond donors (Lipinski definition) is 0. The number of rotatable bonds is 5. The number of furan rings is 1. The first kappa shape index (κ1) is 20.5. The van der Waals surface area contributed by atoms with Crippen LogP contribution in [0.15, 0.2) is 51.8 Å². The van der Waals surface area contributed by atoms with Gasteiger partial charge < -0.3 is 9.15 Å². The zero-order valence-electron chi connectivity index (χ0n) is 15.9. The summed E-state index contributed by atoms with van der Waals surface area (Å²) in [5.41, 5.74) is 0.518. The van der Waals surface area contributed by atoms with Gasteiger partial charge in [-0.25, -0.2) is 21.9 Å². The molecular formula is C20H18FNO6S. The standard InChI is InChI=1S/C20H18FNO6S/c1-4-27-20(24)19-12(2)28-18-10-7-15(11-17(18)19)22(13(3)23)29(25,26)16-8-5-14(21)6-9-16/h5-11H,4H2,1-3H3. The Morgan fingerprint density at radius 1 is 1.14 bits per heavy atom. The van der Waals surface area contributed by atoms with E-state index in [9.17, 15) is 22.4 Å². The lowest BCUT2D eigenvalue weighted by molar-refractivity contribution is -0.115. The Labute approximate surface area is 166 Å². The first-order valence-corrected chi connectivity index (χ1v) is 10.1. The number of amides is 1. The first-order chi connectivity index (χ1) is 13.7. The van der Waals surface area contributed by atoms with Gasteiger partial charge in [-0.1, -0.05) is 0 Å². The number of carbonyl (C=O) groups excluding carboxylic acids is 2. The molecule has 2 aromatic carbocycles. The van der Waals surface area contributed by atoms with Gasteiger partial charge in [0.2, 0.25) is 5.91 Å². The molecular weight excluding hydrogens is 401 g/mol. The Bertz CT molecular complexity index is 1200. The fourth-order valence-electron chi connectivity index (χ4n) is 2.99. The topological polar surface area (TPSA) is 93.9 Å². The molecule has 0 aliphatic heterocycles. The third-order valence-electron chi connectivity index (χ3n) is 4.20. The van der Waals surface area contributed by atoms with Crippen LogP contribution in [0.2, 0.25) is 0 Å². The van der Waals surface area contributed by atoms with Crippen LogP contribution in [0, 0.1) is 12.7 Å². The SMILES string of the molecule is CCOC(=O)c1c(C)oc2ccc(N(C(C)=O)S(=O)(=O)c3ccc(F)cc3)cc12. The van der Waals surface area contributed by atoms with Crippen molar-refractivity contribution < 1.29 is 31.6 Å². The third kappa shape index (κ3) is 3.73. The summed E-state index contributed by atoms with van der Waals surface area (Å²) in [6.45, 7) is 4.50. The molecule has 0 aliphatic rings.